The zero-order chi connectivity index (χ0) is 12.2. The van der Waals surface area contributed by atoms with Gasteiger partial charge in [0.2, 0.25) is 0 Å². The van der Waals surface area contributed by atoms with Crippen LogP contribution in [-0.4, -0.2) is 22.8 Å². The quantitative estimate of drug-likeness (QED) is 0.645. The van der Waals surface area contributed by atoms with Gasteiger partial charge in [-0.25, -0.2) is 0 Å². The van der Waals surface area contributed by atoms with Gasteiger partial charge in [-0.15, -0.1) is 12.6 Å². The summed E-state index contributed by atoms with van der Waals surface area (Å²) in [5, 5.41) is 1.15. The van der Waals surface area contributed by atoms with Crippen LogP contribution >= 0.6 is 12.6 Å². The molecular weight excluding hydrogens is 236 g/mol. The SMILES string of the molecule is CO[Si](CC(C)C)(OC)c1cccc(S)c1. The van der Waals surface area contributed by atoms with Gasteiger partial charge in [0.25, 0.3) is 0 Å². The average Bonchev–Trinajstić information content (AvgIpc) is 2.25. The highest BCUT2D eigenvalue weighted by atomic mass is 32.1. The Balaban J connectivity index is 3.09. The summed E-state index contributed by atoms with van der Waals surface area (Å²) >= 11 is 4.37. The van der Waals surface area contributed by atoms with E-state index in [1.165, 1.54) is 0 Å². The van der Waals surface area contributed by atoms with E-state index in [-0.39, 0.29) is 0 Å². The van der Waals surface area contributed by atoms with Crippen molar-refractivity contribution in [3.05, 3.63) is 24.3 Å². The highest BCUT2D eigenvalue weighted by Gasteiger charge is 2.38. The standard InChI is InChI=1S/C12H20O2SSi/c1-10(2)9-16(13-3,14-4)12-7-5-6-11(15)8-12/h5-8,10,15H,9H2,1-4H3. The van der Waals surface area contributed by atoms with Crippen LogP contribution in [0.2, 0.25) is 6.04 Å². The highest BCUT2D eigenvalue weighted by Crippen LogP contribution is 2.19. The smallest absolute Gasteiger partial charge is 0.372 e. The second-order valence-corrected chi connectivity index (χ2v) is 8.13. The molecule has 0 aliphatic carbocycles. The van der Waals surface area contributed by atoms with Crippen LogP contribution in [0.1, 0.15) is 13.8 Å². The van der Waals surface area contributed by atoms with Crippen LogP contribution in [0, 0.1) is 5.92 Å². The van der Waals surface area contributed by atoms with Crippen molar-refractivity contribution in [1.29, 1.82) is 0 Å². The Kier molecular flexibility index (Phi) is 5.05. The normalized spacial score (nSPS) is 12.1. The number of thiol groups is 1. The summed E-state index contributed by atoms with van der Waals surface area (Å²) in [6, 6.07) is 9.04. The molecule has 0 atom stereocenters. The number of rotatable bonds is 5. The first-order valence-electron chi connectivity index (χ1n) is 5.44. The van der Waals surface area contributed by atoms with Crippen molar-refractivity contribution in [3.8, 4) is 0 Å². The van der Waals surface area contributed by atoms with E-state index in [2.05, 4.69) is 32.5 Å². The van der Waals surface area contributed by atoms with Crippen LogP contribution in [0.3, 0.4) is 0 Å². The van der Waals surface area contributed by atoms with Crippen LogP contribution in [0.25, 0.3) is 0 Å². The second-order valence-electron chi connectivity index (χ2n) is 4.31. The van der Waals surface area contributed by atoms with Crippen molar-refractivity contribution in [1.82, 2.24) is 0 Å². The van der Waals surface area contributed by atoms with Gasteiger partial charge in [0, 0.05) is 19.1 Å². The van der Waals surface area contributed by atoms with Gasteiger partial charge in [-0.3, -0.25) is 0 Å². The zero-order valence-corrected chi connectivity index (χ0v) is 12.3. The van der Waals surface area contributed by atoms with Gasteiger partial charge >= 0.3 is 8.56 Å². The Bertz CT molecular complexity index is 338. The van der Waals surface area contributed by atoms with Gasteiger partial charge in [0.1, 0.15) is 0 Å². The van der Waals surface area contributed by atoms with E-state index < -0.39 is 8.56 Å². The van der Waals surface area contributed by atoms with Gasteiger partial charge in [-0.1, -0.05) is 26.0 Å². The van der Waals surface area contributed by atoms with Crippen LogP contribution < -0.4 is 5.19 Å². The van der Waals surface area contributed by atoms with Crippen molar-refractivity contribution >= 4 is 26.4 Å². The second kappa shape index (κ2) is 5.86. The van der Waals surface area contributed by atoms with E-state index in [1.54, 1.807) is 14.2 Å². The number of hydrogen-bond acceptors (Lipinski definition) is 3. The molecule has 90 valence electrons. The maximum Gasteiger partial charge on any atom is 0.372 e. The highest BCUT2D eigenvalue weighted by molar-refractivity contribution is 7.80. The minimum atomic E-state index is -2.26. The molecule has 0 aromatic heterocycles. The molecule has 1 aromatic rings. The third-order valence-corrected chi connectivity index (χ3v) is 6.76. The molecule has 0 spiro atoms. The average molecular weight is 256 g/mol. The zero-order valence-electron chi connectivity index (χ0n) is 10.4. The molecule has 0 saturated carbocycles. The molecule has 0 unspecified atom stereocenters. The Hall–Kier alpha value is -0.293. The molecule has 0 amide bonds. The monoisotopic (exact) mass is 256 g/mol. The molecule has 0 N–H and O–H groups in total. The summed E-state index contributed by atoms with van der Waals surface area (Å²) < 4.78 is 11.4. The number of hydrogen-bond donors (Lipinski definition) is 1. The van der Waals surface area contributed by atoms with Crippen LogP contribution in [0.4, 0.5) is 0 Å². The minimum absolute atomic E-state index is 0.551. The van der Waals surface area contributed by atoms with Crippen molar-refractivity contribution in [2.45, 2.75) is 24.8 Å². The molecule has 0 radical (unpaired) electrons. The van der Waals surface area contributed by atoms with Crippen molar-refractivity contribution in [2.24, 2.45) is 5.92 Å². The first kappa shape index (κ1) is 13.8. The summed E-state index contributed by atoms with van der Waals surface area (Å²) in [6.45, 7) is 4.37. The lowest BCUT2D eigenvalue weighted by molar-refractivity contribution is 0.252. The van der Waals surface area contributed by atoms with E-state index in [9.17, 15) is 0 Å². The van der Waals surface area contributed by atoms with Gasteiger partial charge in [-0.05, 0) is 29.3 Å². The Morgan fingerprint density at radius 1 is 1.25 bits per heavy atom. The van der Waals surface area contributed by atoms with Crippen molar-refractivity contribution in [2.75, 3.05) is 14.2 Å². The Morgan fingerprint density at radius 2 is 1.88 bits per heavy atom. The summed E-state index contributed by atoms with van der Waals surface area (Å²) in [5.41, 5.74) is 0. The van der Waals surface area contributed by atoms with Crippen LogP contribution in [0.5, 0.6) is 0 Å². The summed E-state index contributed by atoms with van der Waals surface area (Å²) in [4.78, 5) is 0.951. The molecule has 0 saturated heterocycles. The van der Waals surface area contributed by atoms with Crippen molar-refractivity contribution < 1.29 is 8.85 Å². The predicted molar refractivity (Wildman–Crippen MR) is 72.7 cm³/mol. The largest absolute Gasteiger partial charge is 0.394 e. The molecule has 4 heteroatoms. The van der Waals surface area contributed by atoms with Crippen molar-refractivity contribution in [3.63, 3.8) is 0 Å². The fourth-order valence-corrected chi connectivity index (χ4v) is 5.24. The predicted octanol–water partition coefficient (Wildman–Crippen LogP) is 2.57. The maximum atomic E-state index is 5.72. The number of benzene rings is 1. The lowest BCUT2D eigenvalue weighted by Gasteiger charge is -2.29. The molecular formula is C12H20O2SSi. The lowest BCUT2D eigenvalue weighted by Crippen LogP contribution is -2.53. The van der Waals surface area contributed by atoms with E-state index in [0.29, 0.717) is 5.92 Å². The first-order valence-corrected chi connectivity index (χ1v) is 7.91. The molecule has 0 fully saturated rings. The summed E-state index contributed by atoms with van der Waals surface area (Å²) in [7, 11) is 1.22. The minimum Gasteiger partial charge on any atom is -0.394 e. The Morgan fingerprint density at radius 3 is 2.31 bits per heavy atom. The topological polar surface area (TPSA) is 18.5 Å². The molecule has 0 bridgehead atoms. The summed E-state index contributed by atoms with van der Waals surface area (Å²) in [5.74, 6) is 0.551. The van der Waals surface area contributed by atoms with Gasteiger partial charge < -0.3 is 8.85 Å². The Labute approximate surface area is 105 Å². The first-order chi connectivity index (χ1) is 7.54. The van der Waals surface area contributed by atoms with Gasteiger partial charge in [-0.2, -0.15) is 0 Å². The molecule has 0 aliphatic heterocycles. The van der Waals surface area contributed by atoms with E-state index in [4.69, 9.17) is 8.85 Å². The fraction of sp³-hybridized carbons (Fsp3) is 0.500. The summed E-state index contributed by atoms with van der Waals surface area (Å²) in [6.07, 6.45) is 0. The van der Waals surface area contributed by atoms with Gasteiger partial charge in [0.15, 0.2) is 0 Å². The third-order valence-electron chi connectivity index (χ3n) is 2.62. The molecule has 16 heavy (non-hydrogen) atoms. The molecule has 0 aliphatic rings. The van der Waals surface area contributed by atoms with Crippen LogP contribution in [-0.2, 0) is 8.85 Å². The van der Waals surface area contributed by atoms with E-state index in [0.717, 1.165) is 16.1 Å². The maximum absolute atomic E-state index is 5.72. The lowest BCUT2D eigenvalue weighted by atomic mass is 10.3. The van der Waals surface area contributed by atoms with Gasteiger partial charge in [0.05, 0.1) is 0 Å². The molecule has 0 heterocycles. The molecule has 2 nitrogen and oxygen atoms in total. The van der Waals surface area contributed by atoms with Crippen LogP contribution in [0.15, 0.2) is 29.2 Å². The third kappa shape index (κ3) is 3.10. The fourth-order valence-electron chi connectivity index (χ4n) is 1.88. The molecule has 1 aromatic carbocycles. The molecule has 1 rings (SSSR count). The van der Waals surface area contributed by atoms with E-state index in [1.807, 2.05) is 18.2 Å². The van der Waals surface area contributed by atoms with E-state index >= 15 is 0 Å².